The second kappa shape index (κ2) is 8.73. The zero-order chi connectivity index (χ0) is 18.4. The van der Waals surface area contributed by atoms with Crippen LogP contribution in [-0.4, -0.2) is 16.9 Å². The zero-order valence-corrected chi connectivity index (χ0v) is 16.3. The number of hydrogen-bond donors (Lipinski definition) is 3. The van der Waals surface area contributed by atoms with Crippen molar-refractivity contribution in [1.29, 1.82) is 0 Å². The fourth-order valence-electron chi connectivity index (χ4n) is 2.04. The van der Waals surface area contributed by atoms with Gasteiger partial charge in [0.1, 0.15) is 0 Å². The van der Waals surface area contributed by atoms with Crippen molar-refractivity contribution in [2.75, 3.05) is 10.6 Å². The highest BCUT2D eigenvalue weighted by Gasteiger charge is 2.09. The van der Waals surface area contributed by atoms with E-state index in [0.29, 0.717) is 23.4 Å². The van der Waals surface area contributed by atoms with Crippen LogP contribution in [-0.2, 0) is 4.79 Å². The average molecular weight is 420 g/mol. The Morgan fingerprint density at radius 1 is 1.12 bits per heavy atom. The fourth-order valence-corrected chi connectivity index (χ4v) is 2.65. The molecule has 2 rings (SSSR count). The van der Waals surface area contributed by atoms with E-state index in [4.69, 9.17) is 12.2 Å². The second-order valence-corrected chi connectivity index (χ2v) is 6.67. The Morgan fingerprint density at radius 3 is 2.56 bits per heavy atom. The molecule has 5 nitrogen and oxygen atoms in total. The molecule has 0 saturated heterocycles. The van der Waals surface area contributed by atoms with Crippen molar-refractivity contribution in [2.45, 2.75) is 20.3 Å². The summed E-state index contributed by atoms with van der Waals surface area (Å²) in [6, 6.07) is 12.5. The molecule has 0 aromatic heterocycles. The van der Waals surface area contributed by atoms with E-state index in [1.807, 2.05) is 25.1 Å². The minimum Gasteiger partial charge on any atom is -0.332 e. The molecule has 0 saturated carbocycles. The van der Waals surface area contributed by atoms with Crippen molar-refractivity contribution in [3.8, 4) is 0 Å². The summed E-state index contributed by atoms with van der Waals surface area (Å²) in [6.07, 6.45) is 0.401. The van der Waals surface area contributed by atoms with Gasteiger partial charge in [0.25, 0.3) is 5.91 Å². The van der Waals surface area contributed by atoms with E-state index in [9.17, 15) is 9.59 Å². The molecular formula is C18H18BrN3O2S. The van der Waals surface area contributed by atoms with E-state index in [1.54, 1.807) is 31.2 Å². The molecule has 130 valence electrons. The number of amides is 2. The number of rotatable bonds is 4. The van der Waals surface area contributed by atoms with Gasteiger partial charge < -0.3 is 10.6 Å². The third kappa shape index (κ3) is 5.65. The van der Waals surface area contributed by atoms with Crippen molar-refractivity contribution in [2.24, 2.45) is 0 Å². The summed E-state index contributed by atoms with van der Waals surface area (Å²) in [5.41, 5.74) is 2.82. The Morgan fingerprint density at radius 2 is 1.88 bits per heavy atom. The van der Waals surface area contributed by atoms with Crippen LogP contribution in [0, 0.1) is 6.92 Å². The summed E-state index contributed by atoms with van der Waals surface area (Å²) in [6.45, 7) is 3.70. The van der Waals surface area contributed by atoms with Crippen LogP contribution >= 0.6 is 28.1 Å². The quantitative estimate of drug-likeness (QED) is 0.648. The van der Waals surface area contributed by atoms with E-state index in [1.165, 1.54) is 0 Å². The molecule has 2 aromatic carbocycles. The molecule has 0 bridgehead atoms. The first kappa shape index (κ1) is 19.1. The summed E-state index contributed by atoms with van der Waals surface area (Å²) in [4.78, 5) is 23.8. The highest BCUT2D eigenvalue weighted by atomic mass is 79.9. The predicted molar refractivity (Wildman–Crippen MR) is 108 cm³/mol. The molecule has 0 unspecified atom stereocenters. The minimum absolute atomic E-state index is 0.0641. The first-order valence-corrected chi connectivity index (χ1v) is 8.87. The second-order valence-electron chi connectivity index (χ2n) is 5.35. The molecule has 7 heteroatoms. The maximum absolute atomic E-state index is 12.2. The van der Waals surface area contributed by atoms with Crippen LogP contribution in [0.15, 0.2) is 46.9 Å². The number of aryl methyl sites for hydroxylation is 1. The molecule has 3 N–H and O–H groups in total. The van der Waals surface area contributed by atoms with E-state index in [2.05, 4.69) is 31.9 Å². The van der Waals surface area contributed by atoms with Gasteiger partial charge in [-0.15, -0.1) is 0 Å². The van der Waals surface area contributed by atoms with Crippen LogP contribution in [0.2, 0.25) is 0 Å². The molecule has 2 amide bonds. The van der Waals surface area contributed by atoms with Crippen molar-refractivity contribution in [3.05, 3.63) is 58.1 Å². The maximum atomic E-state index is 12.2. The molecule has 25 heavy (non-hydrogen) atoms. The van der Waals surface area contributed by atoms with Gasteiger partial charge in [0.15, 0.2) is 5.11 Å². The number of carbonyl (C=O) groups is 2. The number of carbonyl (C=O) groups excluding carboxylic acids is 2. The standard InChI is InChI=1S/C18H18BrN3O2S/c1-3-16(23)21-15-10-14(8-7-11(15)2)20-18(25)22-17(24)12-5-4-6-13(19)9-12/h4-10H,3H2,1-2H3,(H,21,23)(H2,20,22,24,25). The van der Waals surface area contributed by atoms with Crippen molar-refractivity contribution in [3.63, 3.8) is 0 Å². The number of benzene rings is 2. The third-order valence-electron chi connectivity index (χ3n) is 3.40. The van der Waals surface area contributed by atoms with E-state index in [0.717, 1.165) is 10.0 Å². The van der Waals surface area contributed by atoms with Gasteiger partial charge in [0.05, 0.1) is 0 Å². The molecule has 0 radical (unpaired) electrons. The van der Waals surface area contributed by atoms with E-state index >= 15 is 0 Å². The molecule has 0 heterocycles. The van der Waals surface area contributed by atoms with Crippen LogP contribution in [0.1, 0.15) is 29.3 Å². The normalized spacial score (nSPS) is 10.0. The Labute approximate surface area is 160 Å². The van der Waals surface area contributed by atoms with Crippen LogP contribution in [0.3, 0.4) is 0 Å². The smallest absolute Gasteiger partial charge is 0.257 e. The highest BCUT2D eigenvalue weighted by molar-refractivity contribution is 9.10. The van der Waals surface area contributed by atoms with Crippen LogP contribution in [0.4, 0.5) is 11.4 Å². The van der Waals surface area contributed by atoms with Gasteiger partial charge in [-0.05, 0) is 55.0 Å². The Bertz CT molecular complexity index is 824. The number of hydrogen-bond acceptors (Lipinski definition) is 3. The van der Waals surface area contributed by atoms with Gasteiger partial charge in [0, 0.05) is 27.8 Å². The Balaban J connectivity index is 2.04. The maximum Gasteiger partial charge on any atom is 0.257 e. The SMILES string of the molecule is CCC(=O)Nc1cc(NC(=S)NC(=O)c2cccc(Br)c2)ccc1C. The largest absolute Gasteiger partial charge is 0.332 e. The van der Waals surface area contributed by atoms with E-state index < -0.39 is 0 Å². The average Bonchev–Trinajstić information content (AvgIpc) is 2.57. The Hall–Kier alpha value is -2.25. The summed E-state index contributed by atoms with van der Waals surface area (Å²) in [5, 5.41) is 8.60. The van der Waals surface area contributed by atoms with Gasteiger partial charge >= 0.3 is 0 Å². The first-order valence-electron chi connectivity index (χ1n) is 7.67. The molecule has 0 atom stereocenters. The first-order chi connectivity index (χ1) is 11.9. The van der Waals surface area contributed by atoms with Crippen molar-refractivity contribution in [1.82, 2.24) is 5.32 Å². The summed E-state index contributed by atoms with van der Waals surface area (Å²) in [5.74, 6) is -0.365. The minimum atomic E-state index is -0.301. The van der Waals surface area contributed by atoms with Crippen molar-refractivity contribution < 1.29 is 9.59 Å². The lowest BCUT2D eigenvalue weighted by Gasteiger charge is -2.13. The number of anilines is 2. The lowest BCUT2D eigenvalue weighted by atomic mass is 10.1. The van der Waals surface area contributed by atoms with Gasteiger partial charge in [0.2, 0.25) is 5.91 Å². The van der Waals surface area contributed by atoms with Gasteiger partial charge in [-0.2, -0.15) is 0 Å². The lowest BCUT2D eigenvalue weighted by molar-refractivity contribution is -0.115. The van der Waals surface area contributed by atoms with Gasteiger partial charge in [-0.3, -0.25) is 14.9 Å². The van der Waals surface area contributed by atoms with Crippen molar-refractivity contribution >= 4 is 56.4 Å². The molecule has 0 aliphatic carbocycles. The van der Waals surface area contributed by atoms with Crippen LogP contribution < -0.4 is 16.0 Å². The lowest BCUT2D eigenvalue weighted by Crippen LogP contribution is -2.34. The zero-order valence-electron chi connectivity index (χ0n) is 13.9. The number of nitrogens with one attached hydrogen (secondary N) is 3. The van der Waals surface area contributed by atoms with E-state index in [-0.39, 0.29) is 16.9 Å². The highest BCUT2D eigenvalue weighted by Crippen LogP contribution is 2.20. The van der Waals surface area contributed by atoms with Crippen LogP contribution in [0.25, 0.3) is 0 Å². The number of thiocarbonyl (C=S) groups is 1. The molecule has 0 aliphatic heterocycles. The molecule has 0 spiro atoms. The molecule has 0 fully saturated rings. The number of halogens is 1. The van der Waals surface area contributed by atoms with Gasteiger partial charge in [-0.25, -0.2) is 0 Å². The molecule has 2 aromatic rings. The predicted octanol–water partition coefficient (Wildman–Crippen LogP) is 4.23. The Kier molecular flexibility index (Phi) is 6.66. The molecule has 0 aliphatic rings. The third-order valence-corrected chi connectivity index (χ3v) is 4.10. The van der Waals surface area contributed by atoms with Gasteiger partial charge in [-0.1, -0.05) is 35.0 Å². The van der Waals surface area contributed by atoms with Crippen LogP contribution in [0.5, 0.6) is 0 Å². The molecular weight excluding hydrogens is 402 g/mol. The summed E-state index contributed by atoms with van der Waals surface area (Å²) >= 11 is 8.52. The topological polar surface area (TPSA) is 70.2 Å². The summed E-state index contributed by atoms with van der Waals surface area (Å²) in [7, 11) is 0. The monoisotopic (exact) mass is 419 g/mol. The summed E-state index contributed by atoms with van der Waals surface area (Å²) < 4.78 is 0.814. The fraction of sp³-hybridized carbons (Fsp3) is 0.167.